The summed E-state index contributed by atoms with van der Waals surface area (Å²) < 4.78 is 13.0. The highest BCUT2D eigenvalue weighted by Crippen LogP contribution is 2.16. The maximum atomic E-state index is 13.0. The van der Waals surface area contributed by atoms with Crippen molar-refractivity contribution in [3.63, 3.8) is 0 Å². The fourth-order valence-corrected chi connectivity index (χ4v) is 4.06. The van der Waals surface area contributed by atoms with Gasteiger partial charge in [-0.2, -0.15) is 11.8 Å². The molecular weight excluding hydrogens is 452 g/mol. The summed E-state index contributed by atoms with van der Waals surface area (Å²) in [7, 11) is 0. The van der Waals surface area contributed by atoms with E-state index in [2.05, 4.69) is 19.7 Å². The molecule has 5 nitrogen and oxygen atoms in total. The van der Waals surface area contributed by atoms with Crippen LogP contribution in [0.4, 0.5) is 10.1 Å². The van der Waals surface area contributed by atoms with E-state index >= 15 is 0 Å². The lowest BCUT2D eigenvalue weighted by Crippen LogP contribution is -2.51. The van der Waals surface area contributed by atoms with Crippen LogP contribution in [0.5, 0.6) is 0 Å². The summed E-state index contributed by atoms with van der Waals surface area (Å²) in [5.74, 6) is 2.91. The molecule has 2 saturated heterocycles. The Balaban J connectivity index is 0.00000225. The van der Waals surface area contributed by atoms with E-state index in [0.29, 0.717) is 5.96 Å². The summed E-state index contributed by atoms with van der Waals surface area (Å²) in [5, 5.41) is 0. The molecule has 25 heavy (non-hydrogen) atoms. The highest BCUT2D eigenvalue weighted by Gasteiger charge is 2.18. The minimum Gasteiger partial charge on any atom is -0.370 e. The predicted octanol–water partition coefficient (Wildman–Crippen LogP) is 1.93. The second kappa shape index (κ2) is 10.4. The number of aliphatic imine (C=N–C) groups is 1. The number of benzene rings is 1. The highest BCUT2D eigenvalue weighted by molar-refractivity contribution is 14.0. The molecule has 0 aliphatic carbocycles. The monoisotopic (exact) mass is 479 g/mol. The zero-order valence-electron chi connectivity index (χ0n) is 14.4. The molecule has 1 aromatic carbocycles. The molecule has 2 aliphatic rings. The minimum atomic E-state index is -0.193. The molecule has 0 atom stereocenters. The maximum Gasteiger partial charge on any atom is 0.191 e. The predicted molar refractivity (Wildman–Crippen MR) is 116 cm³/mol. The van der Waals surface area contributed by atoms with E-state index in [4.69, 9.17) is 5.73 Å². The molecule has 140 valence electrons. The zero-order chi connectivity index (χ0) is 16.8. The standard InChI is InChI=1S/C17H26FN5S.HI/c18-15-1-3-16(4-2-15)22-7-9-23(10-8-22)17(19)20-5-6-21-11-13-24-14-12-21;/h1-4H,5-14H2,(H2,19,20);1H. The third-order valence-electron chi connectivity index (χ3n) is 4.59. The summed E-state index contributed by atoms with van der Waals surface area (Å²) >= 11 is 2.02. The largest absolute Gasteiger partial charge is 0.370 e. The second-order valence-electron chi connectivity index (χ2n) is 6.14. The van der Waals surface area contributed by atoms with Gasteiger partial charge in [0.1, 0.15) is 5.82 Å². The van der Waals surface area contributed by atoms with Gasteiger partial charge in [0.2, 0.25) is 0 Å². The Morgan fingerprint density at radius 2 is 1.68 bits per heavy atom. The first-order valence-corrected chi connectivity index (χ1v) is 9.73. The SMILES string of the molecule is I.NC(=NCCN1CCSCC1)N1CCN(c2ccc(F)cc2)CC1. The molecule has 2 fully saturated rings. The summed E-state index contributed by atoms with van der Waals surface area (Å²) in [6.45, 7) is 7.56. The van der Waals surface area contributed by atoms with Crippen molar-refractivity contribution in [2.75, 3.05) is 68.8 Å². The molecule has 0 bridgehead atoms. The van der Waals surface area contributed by atoms with Gasteiger partial charge in [0, 0.05) is 63.0 Å². The normalized spacial score (nSPS) is 19.6. The van der Waals surface area contributed by atoms with Gasteiger partial charge in [-0.3, -0.25) is 9.89 Å². The first kappa shape index (κ1) is 20.6. The Morgan fingerprint density at radius 1 is 1.04 bits per heavy atom. The van der Waals surface area contributed by atoms with Crippen LogP contribution in [0.3, 0.4) is 0 Å². The minimum absolute atomic E-state index is 0. The number of hydrogen-bond donors (Lipinski definition) is 1. The second-order valence-corrected chi connectivity index (χ2v) is 7.37. The van der Waals surface area contributed by atoms with Gasteiger partial charge in [0.25, 0.3) is 0 Å². The van der Waals surface area contributed by atoms with Crippen LogP contribution >= 0.6 is 35.7 Å². The summed E-state index contributed by atoms with van der Waals surface area (Å²) in [5.41, 5.74) is 7.22. The topological polar surface area (TPSA) is 48.1 Å². The summed E-state index contributed by atoms with van der Waals surface area (Å²) in [4.78, 5) is 11.4. The van der Waals surface area contributed by atoms with Crippen molar-refractivity contribution >= 4 is 47.4 Å². The van der Waals surface area contributed by atoms with Crippen LogP contribution in [0.1, 0.15) is 0 Å². The molecule has 2 heterocycles. The molecule has 3 rings (SSSR count). The van der Waals surface area contributed by atoms with Crippen LogP contribution < -0.4 is 10.6 Å². The zero-order valence-corrected chi connectivity index (χ0v) is 17.6. The molecule has 0 unspecified atom stereocenters. The number of anilines is 1. The van der Waals surface area contributed by atoms with E-state index in [1.165, 1.54) is 23.6 Å². The number of nitrogens with zero attached hydrogens (tertiary/aromatic N) is 4. The smallest absolute Gasteiger partial charge is 0.191 e. The van der Waals surface area contributed by atoms with E-state index in [9.17, 15) is 4.39 Å². The molecule has 0 amide bonds. The molecule has 2 aliphatic heterocycles. The van der Waals surface area contributed by atoms with Crippen molar-refractivity contribution < 1.29 is 4.39 Å². The quantitative estimate of drug-likeness (QED) is 0.407. The van der Waals surface area contributed by atoms with Gasteiger partial charge in [-0.15, -0.1) is 24.0 Å². The van der Waals surface area contributed by atoms with Crippen LogP contribution in [-0.2, 0) is 0 Å². The summed E-state index contributed by atoms with van der Waals surface area (Å²) in [6.07, 6.45) is 0. The average Bonchev–Trinajstić information content (AvgIpc) is 2.63. The van der Waals surface area contributed by atoms with E-state index in [0.717, 1.165) is 58.0 Å². The lowest BCUT2D eigenvalue weighted by atomic mass is 10.2. The molecule has 0 radical (unpaired) electrons. The van der Waals surface area contributed by atoms with Crippen molar-refractivity contribution in [3.05, 3.63) is 30.1 Å². The molecule has 0 aromatic heterocycles. The first-order chi connectivity index (χ1) is 11.7. The molecule has 8 heteroatoms. The van der Waals surface area contributed by atoms with Crippen LogP contribution in [0, 0.1) is 5.82 Å². The van der Waals surface area contributed by atoms with E-state index in [1.54, 1.807) is 0 Å². The number of hydrogen-bond acceptors (Lipinski definition) is 4. The third kappa shape index (κ3) is 6.18. The number of rotatable bonds is 4. The Kier molecular flexibility index (Phi) is 8.57. The van der Waals surface area contributed by atoms with Crippen molar-refractivity contribution in [2.45, 2.75) is 0 Å². The van der Waals surface area contributed by atoms with E-state index in [-0.39, 0.29) is 29.8 Å². The number of halogens is 2. The van der Waals surface area contributed by atoms with E-state index < -0.39 is 0 Å². The fourth-order valence-electron chi connectivity index (χ4n) is 3.08. The number of guanidine groups is 1. The number of thioether (sulfide) groups is 1. The van der Waals surface area contributed by atoms with Gasteiger partial charge in [-0.05, 0) is 24.3 Å². The Hall–Kier alpha value is -0.740. The van der Waals surface area contributed by atoms with Crippen LogP contribution in [-0.4, -0.2) is 79.6 Å². The summed E-state index contributed by atoms with van der Waals surface area (Å²) in [6, 6.07) is 6.69. The molecule has 1 aromatic rings. The number of piperazine rings is 1. The fraction of sp³-hybridized carbons (Fsp3) is 0.588. The Labute approximate surface area is 170 Å². The Morgan fingerprint density at radius 3 is 2.32 bits per heavy atom. The average molecular weight is 479 g/mol. The van der Waals surface area contributed by atoms with Gasteiger partial charge < -0.3 is 15.5 Å². The first-order valence-electron chi connectivity index (χ1n) is 8.58. The van der Waals surface area contributed by atoms with Crippen LogP contribution in [0.15, 0.2) is 29.3 Å². The van der Waals surface area contributed by atoms with Gasteiger partial charge in [0.05, 0.1) is 6.54 Å². The van der Waals surface area contributed by atoms with Crippen LogP contribution in [0.2, 0.25) is 0 Å². The lowest BCUT2D eigenvalue weighted by Gasteiger charge is -2.36. The van der Waals surface area contributed by atoms with Crippen molar-refractivity contribution in [2.24, 2.45) is 10.7 Å². The molecular formula is C17H27FIN5S. The van der Waals surface area contributed by atoms with Crippen molar-refractivity contribution in [1.82, 2.24) is 9.80 Å². The molecule has 0 spiro atoms. The van der Waals surface area contributed by atoms with Gasteiger partial charge in [-0.1, -0.05) is 0 Å². The van der Waals surface area contributed by atoms with Gasteiger partial charge in [0.15, 0.2) is 5.96 Å². The highest BCUT2D eigenvalue weighted by atomic mass is 127. The maximum absolute atomic E-state index is 13.0. The third-order valence-corrected chi connectivity index (χ3v) is 5.53. The van der Waals surface area contributed by atoms with Crippen molar-refractivity contribution in [1.29, 1.82) is 0 Å². The van der Waals surface area contributed by atoms with Crippen molar-refractivity contribution in [3.8, 4) is 0 Å². The van der Waals surface area contributed by atoms with Crippen LogP contribution in [0.25, 0.3) is 0 Å². The number of nitrogens with two attached hydrogens (primary N) is 1. The Bertz CT molecular complexity index is 542. The molecule has 0 saturated carbocycles. The van der Waals surface area contributed by atoms with E-state index in [1.807, 2.05) is 23.9 Å². The lowest BCUT2D eigenvalue weighted by molar-refractivity contribution is 0.310. The van der Waals surface area contributed by atoms with Gasteiger partial charge in [-0.25, -0.2) is 4.39 Å². The molecule has 2 N–H and O–H groups in total. The van der Waals surface area contributed by atoms with Gasteiger partial charge >= 0.3 is 0 Å².